The van der Waals surface area contributed by atoms with E-state index in [0.29, 0.717) is 5.52 Å². The smallest absolute Gasteiger partial charge is 0.163 e. The summed E-state index contributed by atoms with van der Waals surface area (Å²) in [4.78, 5) is 18.3. The van der Waals surface area contributed by atoms with Crippen LogP contribution < -0.4 is 4.90 Å². The molecule has 5 rings (SSSR count). The van der Waals surface area contributed by atoms with Crippen molar-refractivity contribution in [3.63, 3.8) is 0 Å². The number of hydrogen-bond donors (Lipinski definition) is 0. The number of imidazole rings is 1. The molecule has 4 aromatic rings. The number of piperazine rings is 1. The summed E-state index contributed by atoms with van der Waals surface area (Å²) in [5, 5.41) is 5.34. The first-order valence-corrected chi connectivity index (χ1v) is 9.82. The number of halogens is 1. The molecule has 9 heteroatoms. The van der Waals surface area contributed by atoms with Gasteiger partial charge < -0.3 is 9.47 Å². The van der Waals surface area contributed by atoms with E-state index in [-0.39, 0.29) is 5.82 Å². The Bertz CT molecular complexity index is 1170. The number of hydrogen-bond acceptors (Lipinski definition) is 6. The minimum absolute atomic E-state index is 0.249. The summed E-state index contributed by atoms with van der Waals surface area (Å²) in [5.41, 5.74) is 2.55. The minimum atomic E-state index is -0.249. The molecule has 0 spiro atoms. The van der Waals surface area contributed by atoms with Gasteiger partial charge in [0.1, 0.15) is 17.5 Å². The molecule has 0 atom stereocenters. The molecule has 0 aliphatic carbocycles. The average molecular weight is 394 g/mol. The zero-order valence-electron chi connectivity index (χ0n) is 16.6. The summed E-state index contributed by atoms with van der Waals surface area (Å²) in [5.74, 6) is 1.49. The van der Waals surface area contributed by atoms with Crippen LogP contribution in [0.3, 0.4) is 0 Å². The van der Waals surface area contributed by atoms with Crippen molar-refractivity contribution in [1.29, 1.82) is 0 Å². The Hall–Kier alpha value is -3.07. The van der Waals surface area contributed by atoms with E-state index in [2.05, 4.69) is 29.4 Å². The Morgan fingerprint density at radius 2 is 1.90 bits per heavy atom. The monoisotopic (exact) mass is 394 g/mol. The zero-order chi connectivity index (χ0) is 20.0. The van der Waals surface area contributed by atoms with Gasteiger partial charge in [-0.2, -0.15) is 5.10 Å². The van der Waals surface area contributed by atoms with Crippen LogP contribution in [0.1, 0.15) is 5.82 Å². The number of rotatable bonds is 4. The van der Waals surface area contributed by atoms with Gasteiger partial charge >= 0.3 is 0 Å². The zero-order valence-corrected chi connectivity index (χ0v) is 16.6. The Morgan fingerprint density at radius 3 is 2.72 bits per heavy atom. The molecule has 1 fully saturated rings. The molecule has 1 aliphatic rings. The van der Waals surface area contributed by atoms with Gasteiger partial charge in [-0.05, 0) is 19.1 Å². The summed E-state index contributed by atoms with van der Waals surface area (Å²) >= 11 is 0. The van der Waals surface area contributed by atoms with E-state index >= 15 is 0 Å². The Morgan fingerprint density at radius 1 is 1.07 bits per heavy atom. The molecule has 0 amide bonds. The highest BCUT2D eigenvalue weighted by molar-refractivity contribution is 5.87. The van der Waals surface area contributed by atoms with Crippen LogP contribution in [0.2, 0.25) is 0 Å². The summed E-state index contributed by atoms with van der Waals surface area (Å²) in [6.07, 6.45) is 3.65. The number of aromatic nitrogens is 6. The van der Waals surface area contributed by atoms with Crippen molar-refractivity contribution >= 4 is 27.9 Å². The van der Waals surface area contributed by atoms with Crippen LogP contribution in [0.4, 0.5) is 10.2 Å². The maximum atomic E-state index is 13.3. The second-order valence-corrected chi connectivity index (χ2v) is 7.50. The molecule has 8 nitrogen and oxygen atoms in total. The van der Waals surface area contributed by atoms with Gasteiger partial charge in [-0.1, -0.05) is 0 Å². The standard InChI is InChI=1S/C20H23FN8/c1-14-24-19-16(12-23-26(19)2)20(25-14)28-8-5-27(6-9-28)7-10-29-13-22-17-11-15(21)3-4-18(17)29/h3-4,11-13H,5-10H2,1-2H3. The van der Waals surface area contributed by atoms with Gasteiger partial charge in [-0.15, -0.1) is 0 Å². The lowest BCUT2D eigenvalue weighted by atomic mass is 10.2. The molecular weight excluding hydrogens is 371 g/mol. The third kappa shape index (κ3) is 3.31. The fourth-order valence-electron chi connectivity index (χ4n) is 4.00. The van der Waals surface area contributed by atoms with Crippen LogP contribution in [-0.2, 0) is 13.6 Å². The molecule has 29 heavy (non-hydrogen) atoms. The molecule has 0 radical (unpaired) electrons. The van der Waals surface area contributed by atoms with Gasteiger partial charge in [0.25, 0.3) is 0 Å². The lowest BCUT2D eigenvalue weighted by Crippen LogP contribution is -2.47. The highest BCUT2D eigenvalue weighted by Gasteiger charge is 2.21. The second-order valence-electron chi connectivity index (χ2n) is 7.50. The molecule has 1 saturated heterocycles. The van der Waals surface area contributed by atoms with Crippen LogP contribution >= 0.6 is 0 Å². The lowest BCUT2D eigenvalue weighted by Gasteiger charge is -2.35. The van der Waals surface area contributed by atoms with Gasteiger partial charge in [-0.3, -0.25) is 9.58 Å². The number of nitrogens with zero attached hydrogens (tertiary/aromatic N) is 8. The van der Waals surface area contributed by atoms with E-state index < -0.39 is 0 Å². The Labute approximate surface area is 167 Å². The number of fused-ring (bicyclic) bond motifs is 2. The Kier molecular flexibility index (Phi) is 4.39. The van der Waals surface area contributed by atoms with Gasteiger partial charge in [0.05, 0.1) is 28.9 Å². The molecule has 1 aliphatic heterocycles. The predicted octanol–water partition coefficient (Wildman–Crippen LogP) is 1.98. The predicted molar refractivity (Wildman–Crippen MR) is 109 cm³/mol. The van der Waals surface area contributed by atoms with E-state index in [1.165, 1.54) is 12.1 Å². The van der Waals surface area contributed by atoms with Crippen molar-refractivity contribution in [3.8, 4) is 0 Å². The minimum Gasteiger partial charge on any atom is -0.353 e. The number of anilines is 1. The summed E-state index contributed by atoms with van der Waals surface area (Å²) in [7, 11) is 1.91. The first-order valence-electron chi connectivity index (χ1n) is 9.82. The van der Waals surface area contributed by atoms with Gasteiger partial charge in [0.2, 0.25) is 0 Å². The molecule has 0 bridgehead atoms. The van der Waals surface area contributed by atoms with Gasteiger partial charge in [0, 0.05) is 52.4 Å². The summed E-state index contributed by atoms with van der Waals surface area (Å²) < 4.78 is 17.2. The normalized spacial score (nSPS) is 15.6. The number of aryl methyl sites for hydroxylation is 2. The number of benzene rings is 1. The maximum Gasteiger partial charge on any atom is 0.163 e. The molecule has 1 aromatic carbocycles. The molecule has 0 N–H and O–H groups in total. The highest BCUT2D eigenvalue weighted by atomic mass is 19.1. The van der Waals surface area contributed by atoms with E-state index in [0.717, 1.165) is 67.5 Å². The molecule has 4 heterocycles. The van der Waals surface area contributed by atoms with Crippen molar-refractivity contribution in [2.75, 3.05) is 37.6 Å². The maximum absolute atomic E-state index is 13.3. The van der Waals surface area contributed by atoms with E-state index in [1.54, 1.807) is 17.1 Å². The van der Waals surface area contributed by atoms with Crippen LogP contribution in [0, 0.1) is 12.7 Å². The van der Waals surface area contributed by atoms with E-state index in [1.807, 2.05) is 20.2 Å². The van der Waals surface area contributed by atoms with Crippen molar-refractivity contribution in [2.45, 2.75) is 13.5 Å². The van der Waals surface area contributed by atoms with Crippen LogP contribution in [0.25, 0.3) is 22.1 Å². The fraction of sp³-hybridized carbons (Fsp3) is 0.400. The lowest BCUT2D eigenvalue weighted by molar-refractivity contribution is 0.249. The highest BCUT2D eigenvalue weighted by Crippen LogP contribution is 2.24. The quantitative estimate of drug-likeness (QED) is 0.527. The largest absolute Gasteiger partial charge is 0.353 e. The SMILES string of the molecule is Cc1nc(N2CCN(CCn3cnc4cc(F)ccc43)CC2)c2cnn(C)c2n1. The Balaban J connectivity index is 1.25. The third-order valence-electron chi connectivity index (χ3n) is 5.60. The second kappa shape index (κ2) is 7.07. The molecule has 0 saturated carbocycles. The van der Waals surface area contributed by atoms with Crippen molar-refractivity contribution < 1.29 is 4.39 Å². The van der Waals surface area contributed by atoms with Crippen LogP contribution in [0.5, 0.6) is 0 Å². The summed E-state index contributed by atoms with van der Waals surface area (Å²) in [6.45, 7) is 7.45. The van der Waals surface area contributed by atoms with Crippen LogP contribution in [-0.4, -0.2) is 66.9 Å². The van der Waals surface area contributed by atoms with Crippen LogP contribution in [0.15, 0.2) is 30.7 Å². The van der Waals surface area contributed by atoms with E-state index in [4.69, 9.17) is 4.98 Å². The molecule has 3 aromatic heterocycles. The van der Waals surface area contributed by atoms with E-state index in [9.17, 15) is 4.39 Å². The average Bonchev–Trinajstić information content (AvgIpc) is 3.29. The van der Waals surface area contributed by atoms with Crippen molar-refractivity contribution in [2.24, 2.45) is 7.05 Å². The van der Waals surface area contributed by atoms with Crippen molar-refractivity contribution in [3.05, 3.63) is 42.4 Å². The summed E-state index contributed by atoms with van der Waals surface area (Å²) in [6, 6.07) is 4.77. The molecule has 150 valence electrons. The third-order valence-corrected chi connectivity index (χ3v) is 5.60. The molecule has 0 unspecified atom stereocenters. The fourth-order valence-corrected chi connectivity index (χ4v) is 4.00. The van der Waals surface area contributed by atoms with Gasteiger partial charge in [0.15, 0.2) is 5.65 Å². The first kappa shape index (κ1) is 18.0. The first-order chi connectivity index (χ1) is 14.1. The topological polar surface area (TPSA) is 67.9 Å². The van der Waals surface area contributed by atoms with Crippen molar-refractivity contribution in [1.82, 2.24) is 34.2 Å². The van der Waals surface area contributed by atoms with Gasteiger partial charge in [-0.25, -0.2) is 19.3 Å². The molecular formula is C20H23FN8.